The monoisotopic (exact) mass is 298 g/mol. The largest absolute Gasteiger partial charge is 0.476 e. The molecule has 0 atom stereocenters. The van der Waals surface area contributed by atoms with E-state index >= 15 is 0 Å². The van der Waals surface area contributed by atoms with Gasteiger partial charge in [-0.15, -0.1) is 0 Å². The number of aromatic nitrogens is 2. The van der Waals surface area contributed by atoms with Gasteiger partial charge >= 0.3 is 5.97 Å². The number of hydrogen-bond acceptors (Lipinski definition) is 2. The van der Waals surface area contributed by atoms with Crippen molar-refractivity contribution in [2.75, 3.05) is 0 Å². The van der Waals surface area contributed by atoms with Crippen LogP contribution < -0.4 is 0 Å². The minimum atomic E-state index is -1.06. The predicted octanol–water partition coefficient (Wildman–Crippen LogP) is 3.89. The molecule has 0 saturated heterocycles. The van der Waals surface area contributed by atoms with Crippen molar-refractivity contribution in [3.8, 4) is 16.8 Å². The van der Waals surface area contributed by atoms with Gasteiger partial charge in [-0.2, -0.15) is 5.10 Å². The van der Waals surface area contributed by atoms with E-state index in [0.29, 0.717) is 10.6 Å². The van der Waals surface area contributed by atoms with Crippen LogP contribution in [0.5, 0.6) is 0 Å². The first-order chi connectivity index (χ1) is 10.1. The molecule has 0 saturated carbocycles. The highest BCUT2D eigenvalue weighted by Gasteiger charge is 2.17. The normalized spacial score (nSPS) is 10.5. The lowest BCUT2D eigenvalue weighted by Crippen LogP contribution is -2.01. The van der Waals surface area contributed by atoms with Crippen LogP contribution in [0.2, 0.25) is 5.02 Å². The molecule has 5 heteroatoms. The second-order valence-corrected chi connectivity index (χ2v) is 4.92. The average molecular weight is 299 g/mol. The molecule has 0 fully saturated rings. The van der Waals surface area contributed by atoms with Crippen LogP contribution in [0, 0.1) is 0 Å². The molecular formula is C16H11ClN2O2. The molecular weight excluding hydrogens is 288 g/mol. The van der Waals surface area contributed by atoms with Crippen molar-refractivity contribution in [2.45, 2.75) is 0 Å². The number of halogens is 1. The molecule has 0 aliphatic heterocycles. The maximum absolute atomic E-state index is 11.4. The quantitative estimate of drug-likeness (QED) is 0.798. The molecule has 0 aliphatic carbocycles. The Morgan fingerprint density at radius 2 is 1.71 bits per heavy atom. The summed E-state index contributed by atoms with van der Waals surface area (Å²) in [5.74, 6) is -1.06. The fourth-order valence-corrected chi connectivity index (χ4v) is 2.21. The number of nitrogens with zero attached hydrogens (tertiary/aromatic N) is 2. The summed E-state index contributed by atoms with van der Waals surface area (Å²) in [7, 11) is 0. The summed E-state index contributed by atoms with van der Waals surface area (Å²) in [6.07, 6.45) is 1.71. The fourth-order valence-electron chi connectivity index (χ4n) is 2.09. The maximum atomic E-state index is 11.4. The third-order valence-electron chi connectivity index (χ3n) is 3.09. The SMILES string of the molecule is O=C(O)c1nn(-c2ccccc2)cc1-c1ccc(Cl)cc1. The predicted molar refractivity (Wildman–Crippen MR) is 81.0 cm³/mol. The smallest absolute Gasteiger partial charge is 0.357 e. The Hall–Kier alpha value is -2.59. The summed E-state index contributed by atoms with van der Waals surface area (Å²) in [4.78, 5) is 11.4. The third-order valence-corrected chi connectivity index (χ3v) is 3.34. The molecule has 0 bridgehead atoms. The summed E-state index contributed by atoms with van der Waals surface area (Å²) in [5.41, 5.74) is 2.14. The van der Waals surface area contributed by atoms with Gasteiger partial charge in [-0.05, 0) is 29.8 Å². The topological polar surface area (TPSA) is 55.1 Å². The van der Waals surface area contributed by atoms with Crippen molar-refractivity contribution in [3.05, 3.63) is 71.5 Å². The standard InChI is InChI=1S/C16H11ClN2O2/c17-12-8-6-11(7-9-12)14-10-19(18-15(14)16(20)21)13-4-2-1-3-5-13/h1-10H,(H,20,21). The van der Waals surface area contributed by atoms with Crippen LogP contribution in [-0.2, 0) is 0 Å². The Balaban J connectivity index is 2.14. The van der Waals surface area contributed by atoms with Gasteiger partial charge in [-0.1, -0.05) is 41.9 Å². The Labute approximate surface area is 126 Å². The molecule has 0 amide bonds. The van der Waals surface area contributed by atoms with Gasteiger partial charge in [0.2, 0.25) is 0 Å². The number of carbonyl (C=O) groups is 1. The number of carboxylic acids is 1. The highest BCUT2D eigenvalue weighted by molar-refractivity contribution is 6.30. The Bertz CT molecular complexity index is 780. The van der Waals surface area contributed by atoms with Crippen LogP contribution in [0.25, 0.3) is 16.8 Å². The number of rotatable bonds is 3. The molecule has 4 nitrogen and oxygen atoms in total. The summed E-state index contributed by atoms with van der Waals surface area (Å²) in [6, 6.07) is 16.4. The van der Waals surface area contributed by atoms with Crippen LogP contribution in [0.1, 0.15) is 10.5 Å². The number of hydrogen-bond donors (Lipinski definition) is 1. The van der Waals surface area contributed by atoms with Gasteiger partial charge in [0.05, 0.1) is 5.69 Å². The maximum Gasteiger partial charge on any atom is 0.357 e. The van der Waals surface area contributed by atoms with Crippen LogP contribution in [0.15, 0.2) is 60.8 Å². The molecule has 2 aromatic carbocycles. The zero-order valence-corrected chi connectivity index (χ0v) is 11.7. The first kappa shape index (κ1) is 13.4. The van der Waals surface area contributed by atoms with E-state index in [2.05, 4.69) is 5.10 Å². The third kappa shape index (κ3) is 2.66. The Morgan fingerprint density at radius 3 is 2.33 bits per heavy atom. The van der Waals surface area contributed by atoms with Gasteiger partial charge in [0.15, 0.2) is 5.69 Å². The average Bonchev–Trinajstić information content (AvgIpc) is 2.94. The lowest BCUT2D eigenvalue weighted by Gasteiger charge is -1.99. The van der Waals surface area contributed by atoms with Crippen LogP contribution in [0.3, 0.4) is 0 Å². The zero-order chi connectivity index (χ0) is 14.8. The van der Waals surface area contributed by atoms with Crippen molar-refractivity contribution < 1.29 is 9.90 Å². The van der Waals surface area contributed by atoms with E-state index in [-0.39, 0.29) is 5.69 Å². The molecule has 3 aromatic rings. The molecule has 1 aromatic heterocycles. The minimum absolute atomic E-state index is 0.0150. The van der Waals surface area contributed by atoms with E-state index in [1.165, 1.54) is 0 Å². The molecule has 1 heterocycles. The number of para-hydroxylation sites is 1. The first-order valence-corrected chi connectivity index (χ1v) is 6.67. The van der Waals surface area contributed by atoms with E-state index in [9.17, 15) is 9.90 Å². The Kier molecular flexibility index (Phi) is 3.46. The van der Waals surface area contributed by atoms with E-state index < -0.39 is 5.97 Å². The number of benzene rings is 2. The minimum Gasteiger partial charge on any atom is -0.476 e. The van der Waals surface area contributed by atoms with E-state index in [1.807, 2.05) is 30.3 Å². The van der Waals surface area contributed by atoms with Crippen LogP contribution in [0.4, 0.5) is 0 Å². The van der Waals surface area contributed by atoms with Gasteiger partial charge in [-0.3, -0.25) is 0 Å². The van der Waals surface area contributed by atoms with Crippen molar-refractivity contribution >= 4 is 17.6 Å². The van der Waals surface area contributed by atoms with Crippen molar-refractivity contribution in [1.29, 1.82) is 0 Å². The van der Waals surface area contributed by atoms with E-state index in [0.717, 1.165) is 11.3 Å². The second-order valence-electron chi connectivity index (χ2n) is 4.48. The number of aromatic carboxylic acids is 1. The summed E-state index contributed by atoms with van der Waals surface area (Å²) < 4.78 is 1.56. The van der Waals surface area contributed by atoms with Gasteiger partial charge < -0.3 is 5.11 Å². The first-order valence-electron chi connectivity index (χ1n) is 6.29. The van der Waals surface area contributed by atoms with Crippen molar-refractivity contribution in [1.82, 2.24) is 9.78 Å². The molecule has 0 unspecified atom stereocenters. The highest BCUT2D eigenvalue weighted by Crippen LogP contribution is 2.26. The Morgan fingerprint density at radius 1 is 1.05 bits per heavy atom. The molecule has 21 heavy (non-hydrogen) atoms. The van der Waals surface area contributed by atoms with Gasteiger partial charge in [-0.25, -0.2) is 9.48 Å². The van der Waals surface area contributed by atoms with Gasteiger partial charge in [0.1, 0.15) is 0 Å². The summed E-state index contributed by atoms with van der Waals surface area (Å²) in [6.45, 7) is 0. The molecule has 0 radical (unpaired) electrons. The zero-order valence-electron chi connectivity index (χ0n) is 10.9. The summed E-state index contributed by atoms with van der Waals surface area (Å²) >= 11 is 5.87. The van der Waals surface area contributed by atoms with Gasteiger partial charge in [0, 0.05) is 16.8 Å². The van der Waals surface area contributed by atoms with E-state index in [4.69, 9.17) is 11.6 Å². The fraction of sp³-hybridized carbons (Fsp3) is 0. The molecule has 0 aliphatic rings. The van der Waals surface area contributed by atoms with E-state index in [1.54, 1.807) is 35.1 Å². The molecule has 104 valence electrons. The van der Waals surface area contributed by atoms with Crippen molar-refractivity contribution in [2.24, 2.45) is 0 Å². The van der Waals surface area contributed by atoms with Crippen molar-refractivity contribution in [3.63, 3.8) is 0 Å². The van der Waals surface area contributed by atoms with Gasteiger partial charge in [0.25, 0.3) is 0 Å². The highest BCUT2D eigenvalue weighted by atomic mass is 35.5. The summed E-state index contributed by atoms with van der Waals surface area (Å²) in [5, 5.41) is 14.1. The lowest BCUT2D eigenvalue weighted by molar-refractivity contribution is 0.0691. The molecule has 1 N–H and O–H groups in total. The lowest BCUT2D eigenvalue weighted by atomic mass is 10.1. The molecule has 3 rings (SSSR count). The second kappa shape index (κ2) is 5.42. The van der Waals surface area contributed by atoms with Crippen LogP contribution in [-0.4, -0.2) is 20.9 Å². The number of carboxylic acid groups (broad SMARTS) is 1. The van der Waals surface area contributed by atoms with Crippen LogP contribution >= 0.6 is 11.6 Å². The molecule has 0 spiro atoms.